The lowest BCUT2D eigenvalue weighted by molar-refractivity contribution is -0.133. The normalized spacial score (nSPS) is 14.4. The first-order valence-corrected chi connectivity index (χ1v) is 9.95. The van der Waals surface area contributed by atoms with E-state index in [1.807, 2.05) is 53.6 Å². The number of carbonyl (C=O) groups excluding carboxylic acids is 1. The minimum atomic E-state index is 0.0123. The molecule has 1 fully saturated rings. The van der Waals surface area contributed by atoms with E-state index in [-0.39, 0.29) is 12.5 Å². The molecule has 0 saturated carbocycles. The molecule has 2 aromatic carbocycles. The zero-order valence-electron chi connectivity index (χ0n) is 16.4. The number of nitrogens with two attached hydrogens (primary N) is 2. The zero-order valence-corrected chi connectivity index (χ0v) is 16.4. The fourth-order valence-electron chi connectivity index (χ4n) is 3.75. The highest BCUT2D eigenvalue weighted by molar-refractivity contribution is 5.85. The number of nitrogens with one attached hydrogen (secondary N) is 1. The Kier molecular flexibility index (Phi) is 5.57. The summed E-state index contributed by atoms with van der Waals surface area (Å²) in [4.78, 5) is 20.0. The summed E-state index contributed by atoms with van der Waals surface area (Å²) in [5.74, 6) is 0.711. The maximum Gasteiger partial charge on any atom is 0.260 e. The third-order valence-corrected chi connectivity index (χ3v) is 5.41. The van der Waals surface area contributed by atoms with Crippen LogP contribution in [0.4, 0.5) is 11.4 Å². The van der Waals surface area contributed by atoms with Gasteiger partial charge in [0.15, 0.2) is 6.61 Å². The first-order chi connectivity index (χ1) is 14.1. The third-order valence-electron chi connectivity index (χ3n) is 5.41. The van der Waals surface area contributed by atoms with E-state index in [4.69, 9.17) is 16.2 Å². The molecule has 3 aromatic rings. The molecule has 0 radical (unpaired) electrons. The predicted molar refractivity (Wildman–Crippen MR) is 116 cm³/mol. The number of aromatic amines is 1. The Hall–Kier alpha value is -3.19. The summed E-state index contributed by atoms with van der Waals surface area (Å²) in [5, 5.41) is 1.09. The maximum absolute atomic E-state index is 12.6. The van der Waals surface area contributed by atoms with Crippen molar-refractivity contribution < 1.29 is 9.53 Å². The number of H-pyrrole nitrogens is 1. The number of fused-ring (bicyclic) bond motifs is 1. The van der Waals surface area contributed by atoms with Gasteiger partial charge in [0, 0.05) is 54.7 Å². The standard InChI is InChI=1S/C22H27N5O2/c23-8-7-16-14-25-21-6-5-19(13-20(16)21)29-15-22(28)27-11-9-26(10-12-27)18-3-1-17(24)2-4-18/h1-6,13-14,25H,7-12,15,23-24H2. The Labute approximate surface area is 170 Å². The van der Waals surface area contributed by atoms with Crippen molar-refractivity contribution in [3.05, 3.63) is 54.2 Å². The van der Waals surface area contributed by atoms with Crippen molar-refractivity contribution in [1.29, 1.82) is 0 Å². The molecule has 2 heterocycles. The number of nitrogens with zero attached hydrogens (tertiary/aromatic N) is 2. The lowest BCUT2D eigenvalue weighted by atomic mass is 10.1. The predicted octanol–water partition coefficient (Wildman–Crippen LogP) is 1.98. The summed E-state index contributed by atoms with van der Waals surface area (Å²) in [5.41, 5.74) is 15.5. The highest BCUT2D eigenvalue weighted by Crippen LogP contribution is 2.24. The molecule has 7 heteroatoms. The summed E-state index contributed by atoms with van der Waals surface area (Å²) in [6.07, 6.45) is 2.79. The van der Waals surface area contributed by atoms with Crippen molar-refractivity contribution in [3.8, 4) is 5.75 Å². The summed E-state index contributed by atoms with van der Waals surface area (Å²) < 4.78 is 5.79. The molecule has 1 aliphatic rings. The molecule has 1 aromatic heterocycles. The van der Waals surface area contributed by atoms with E-state index in [2.05, 4.69) is 9.88 Å². The van der Waals surface area contributed by atoms with Crippen LogP contribution in [-0.4, -0.2) is 55.1 Å². The largest absolute Gasteiger partial charge is 0.484 e. The number of rotatable bonds is 6. The van der Waals surface area contributed by atoms with Crippen LogP contribution in [-0.2, 0) is 11.2 Å². The van der Waals surface area contributed by atoms with E-state index >= 15 is 0 Å². The number of nitrogen functional groups attached to an aromatic ring is 1. The van der Waals surface area contributed by atoms with Gasteiger partial charge in [-0.3, -0.25) is 4.79 Å². The maximum atomic E-state index is 12.6. The van der Waals surface area contributed by atoms with Crippen molar-refractivity contribution in [1.82, 2.24) is 9.88 Å². The van der Waals surface area contributed by atoms with Gasteiger partial charge in [0.05, 0.1) is 0 Å². The number of ether oxygens (including phenoxy) is 1. The van der Waals surface area contributed by atoms with Gasteiger partial charge in [-0.05, 0) is 61.0 Å². The van der Waals surface area contributed by atoms with E-state index in [0.717, 1.165) is 47.4 Å². The van der Waals surface area contributed by atoms with Crippen molar-refractivity contribution in [3.63, 3.8) is 0 Å². The fourth-order valence-corrected chi connectivity index (χ4v) is 3.75. The van der Waals surface area contributed by atoms with Crippen LogP contribution in [0.1, 0.15) is 5.56 Å². The molecule has 4 rings (SSSR count). The first-order valence-electron chi connectivity index (χ1n) is 9.95. The van der Waals surface area contributed by atoms with E-state index < -0.39 is 0 Å². The average molecular weight is 393 g/mol. The molecule has 0 spiro atoms. The molecule has 0 unspecified atom stereocenters. The van der Waals surface area contributed by atoms with Crippen molar-refractivity contribution in [2.24, 2.45) is 5.73 Å². The van der Waals surface area contributed by atoms with Crippen LogP contribution in [0.5, 0.6) is 5.75 Å². The lowest BCUT2D eigenvalue weighted by Gasteiger charge is -2.36. The van der Waals surface area contributed by atoms with E-state index in [1.54, 1.807) is 0 Å². The molecular weight excluding hydrogens is 366 g/mol. The Morgan fingerprint density at radius 3 is 2.55 bits per heavy atom. The number of hydrogen-bond donors (Lipinski definition) is 3. The quantitative estimate of drug-likeness (QED) is 0.556. The molecule has 29 heavy (non-hydrogen) atoms. The molecule has 0 atom stereocenters. The van der Waals surface area contributed by atoms with Crippen LogP contribution in [0.3, 0.4) is 0 Å². The molecule has 1 aliphatic heterocycles. The topological polar surface area (TPSA) is 101 Å². The van der Waals surface area contributed by atoms with Crippen LogP contribution in [0, 0.1) is 0 Å². The molecule has 7 nitrogen and oxygen atoms in total. The van der Waals surface area contributed by atoms with Crippen LogP contribution in [0.15, 0.2) is 48.7 Å². The van der Waals surface area contributed by atoms with E-state index in [0.29, 0.717) is 25.4 Å². The second-order valence-corrected chi connectivity index (χ2v) is 7.31. The molecule has 1 saturated heterocycles. The molecular formula is C22H27N5O2. The second-order valence-electron chi connectivity index (χ2n) is 7.31. The van der Waals surface area contributed by atoms with Crippen molar-refractivity contribution in [2.45, 2.75) is 6.42 Å². The third kappa shape index (κ3) is 4.30. The summed E-state index contributed by atoms with van der Waals surface area (Å²) in [6.45, 7) is 3.61. The minimum absolute atomic E-state index is 0.0123. The number of piperazine rings is 1. The Bertz CT molecular complexity index is 975. The minimum Gasteiger partial charge on any atom is -0.484 e. The Balaban J connectivity index is 1.31. The second kappa shape index (κ2) is 8.45. The SMILES string of the molecule is NCCc1c[nH]c2ccc(OCC(=O)N3CCN(c4ccc(N)cc4)CC3)cc12. The van der Waals surface area contributed by atoms with Crippen LogP contribution in [0.25, 0.3) is 10.9 Å². The number of carbonyl (C=O) groups is 1. The highest BCUT2D eigenvalue weighted by Gasteiger charge is 2.21. The number of hydrogen-bond acceptors (Lipinski definition) is 5. The molecule has 152 valence electrons. The highest BCUT2D eigenvalue weighted by atomic mass is 16.5. The van der Waals surface area contributed by atoms with Crippen LogP contribution in [0.2, 0.25) is 0 Å². The zero-order chi connectivity index (χ0) is 20.2. The molecule has 0 bridgehead atoms. The van der Waals surface area contributed by atoms with Gasteiger partial charge in [0.1, 0.15) is 5.75 Å². The van der Waals surface area contributed by atoms with Gasteiger partial charge >= 0.3 is 0 Å². The molecule has 0 aliphatic carbocycles. The fraction of sp³-hybridized carbons (Fsp3) is 0.318. The van der Waals surface area contributed by atoms with E-state index in [1.165, 1.54) is 0 Å². The van der Waals surface area contributed by atoms with Gasteiger partial charge in [0.25, 0.3) is 5.91 Å². The monoisotopic (exact) mass is 393 g/mol. The Morgan fingerprint density at radius 2 is 1.83 bits per heavy atom. The van der Waals surface area contributed by atoms with Crippen LogP contribution >= 0.6 is 0 Å². The first kappa shape index (κ1) is 19.1. The number of benzene rings is 2. The van der Waals surface area contributed by atoms with Gasteiger partial charge in [-0.25, -0.2) is 0 Å². The number of anilines is 2. The van der Waals surface area contributed by atoms with Gasteiger partial charge in [-0.1, -0.05) is 0 Å². The van der Waals surface area contributed by atoms with E-state index in [9.17, 15) is 4.79 Å². The molecule has 5 N–H and O–H groups in total. The Morgan fingerprint density at radius 1 is 1.07 bits per heavy atom. The average Bonchev–Trinajstić information content (AvgIpc) is 3.15. The summed E-state index contributed by atoms with van der Waals surface area (Å²) in [6, 6.07) is 13.7. The number of amides is 1. The summed E-state index contributed by atoms with van der Waals surface area (Å²) in [7, 11) is 0. The van der Waals surface area contributed by atoms with Gasteiger partial charge < -0.3 is 31.0 Å². The molecule has 1 amide bonds. The van der Waals surface area contributed by atoms with Gasteiger partial charge in [0.2, 0.25) is 0 Å². The van der Waals surface area contributed by atoms with Gasteiger partial charge in [-0.15, -0.1) is 0 Å². The summed E-state index contributed by atoms with van der Waals surface area (Å²) >= 11 is 0. The van der Waals surface area contributed by atoms with Crippen molar-refractivity contribution >= 4 is 28.2 Å². The number of aromatic nitrogens is 1. The lowest BCUT2D eigenvalue weighted by Crippen LogP contribution is -2.50. The smallest absolute Gasteiger partial charge is 0.260 e. The van der Waals surface area contributed by atoms with Crippen LogP contribution < -0.4 is 21.1 Å². The van der Waals surface area contributed by atoms with Crippen molar-refractivity contribution in [2.75, 3.05) is 50.0 Å². The van der Waals surface area contributed by atoms with Gasteiger partial charge in [-0.2, -0.15) is 0 Å².